The highest BCUT2D eigenvalue weighted by Crippen LogP contribution is 2.17. The SMILES string of the molecule is CC(C)N(C)C(=O)c1cc(Br)ccc1F. The van der Waals surface area contributed by atoms with Crippen LogP contribution in [0.5, 0.6) is 0 Å². The van der Waals surface area contributed by atoms with Gasteiger partial charge in [0.15, 0.2) is 0 Å². The van der Waals surface area contributed by atoms with Crippen molar-refractivity contribution >= 4 is 21.8 Å². The molecule has 0 radical (unpaired) electrons. The zero-order chi connectivity index (χ0) is 11.6. The van der Waals surface area contributed by atoms with E-state index in [1.54, 1.807) is 13.1 Å². The largest absolute Gasteiger partial charge is 0.339 e. The predicted octanol–water partition coefficient (Wildman–Crippen LogP) is 3.07. The van der Waals surface area contributed by atoms with E-state index in [2.05, 4.69) is 15.9 Å². The molecule has 0 aliphatic carbocycles. The topological polar surface area (TPSA) is 20.3 Å². The Labute approximate surface area is 97.2 Å². The first kappa shape index (κ1) is 12.2. The summed E-state index contributed by atoms with van der Waals surface area (Å²) in [4.78, 5) is 13.3. The van der Waals surface area contributed by atoms with Crippen molar-refractivity contribution < 1.29 is 9.18 Å². The fourth-order valence-corrected chi connectivity index (χ4v) is 1.45. The van der Waals surface area contributed by atoms with E-state index in [9.17, 15) is 9.18 Å². The van der Waals surface area contributed by atoms with Crippen LogP contribution in [0.25, 0.3) is 0 Å². The first-order chi connectivity index (χ1) is 6.93. The number of benzene rings is 1. The van der Waals surface area contributed by atoms with Crippen LogP contribution >= 0.6 is 15.9 Å². The molecule has 0 aliphatic rings. The highest BCUT2D eigenvalue weighted by molar-refractivity contribution is 9.10. The lowest BCUT2D eigenvalue weighted by molar-refractivity contribution is 0.0750. The van der Waals surface area contributed by atoms with Gasteiger partial charge in [-0.05, 0) is 32.0 Å². The molecule has 0 saturated heterocycles. The van der Waals surface area contributed by atoms with Crippen molar-refractivity contribution in [3.05, 3.63) is 34.1 Å². The summed E-state index contributed by atoms with van der Waals surface area (Å²) in [6.07, 6.45) is 0. The summed E-state index contributed by atoms with van der Waals surface area (Å²) in [5.74, 6) is -0.792. The fourth-order valence-electron chi connectivity index (χ4n) is 1.09. The number of hydrogen-bond donors (Lipinski definition) is 0. The number of halogens is 2. The van der Waals surface area contributed by atoms with Crippen LogP contribution in [-0.2, 0) is 0 Å². The fraction of sp³-hybridized carbons (Fsp3) is 0.364. The molecule has 82 valence electrons. The van der Waals surface area contributed by atoms with E-state index in [-0.39, 0.29) is 17.5 Å². The Bertz CT molecular complexity index is 379. The van der Waals surface area contributed by atoms with Crippen LogP contribution in [0.3, 0.4) is 0 Å². The second-order valence-corrected chi connectivity index (χ2v) is 4.55. The summed E-state index contributed by atoms with van der Waals surface area (Å²) in [6.45, 7) is 3.77. The molecule has 4 heteroatoms. The maximum atomic E-state index is 13.4. The number of carbonyl (C=O) groups is 1. The molecule has 2 nitrogen and oxygen atoms in total. The van der Waals surface area contributed by atoms with Crippen LogP contribution in [0.4, 0.5) is 4.39 Å². The summed E-state index contributed by atoms with van der Waals surface area (Å²) in [5, 5.41) is 0. The van der Waals surface area contributed by atoms with Crippen LogP contribution < -0.4 is 0 Å². The molecular formula is C11H13BrFNO. The summed E-state index contributed by atoms with van der Waals surface area (Å²) in [7, 11) is 1.66. The minimum absolute atomic E-state index is 0.0517. The normalized spacial score (nSPS) is 10.5. The third-order valence-electron chi connectivity index (χ3n) is 2.25. The molecule has 0 N–H and O–H groups in total. The summed E-state index contributed by atoms with van der Waals surface area (Å²) in [6, 6.07) is 4.40. The van der Waals surface area contributed by atoms with Gasteiger partial charge >= 0.3 is 0 Å². The molecule has 1 amide bonds. The molecule has 0 fully saturated rings. The lowest BCUT2D eigenvalue weighted by Gasteiger charge is -2.21. The quantitative estimate of drug-likeness (QED) is 0.811. The summed E-state index contributed by atoms with van der Waals surface area (Å²) in [5.41, 5.74) is 0.0978. The number of nitrogens with zero attached hydrogens (tertiary/aromatic N) is 1. The van der Waals surface area contributed by atoms with Gasteiger partial charge in [-0.3, -0.25) is 4.79 Å². The highest BCUT2D eigenvalue weighted by Gasteiger charge is 2.18. The number of hydrogen-bond acceptors (Lipinski definition) is 1. The first-order valence-electron chi connectivity index (χ1n) is 4.65. The highest BCUT2D eigenvalue weighted by atomic mass is 79.9. The van der Waals surface area contributed by atoms with Gasteiger partial charge in [-0.15, -0.1) is 0 Å². The molecule has 0 heterocycles. The Morgan fingerprint density at radius 1 is 1.47 bits per heavy atom. The van der Waals surface area contributed by atoms with Crippen LogP contribution in [0.1, 0.15) is 24.2 Å². The van der Waals surface area contributed by atoms with Crippen molar-refractivity contribution in [3.63, 3.8) is 0 Å². The molecule has 0 aromatic heterocycles. The van der Waals surface area contributed by atoms with E-state index >= 15 is 0 Å². The summed E-state index contributed by atoms with van der Waals surface area (Å²) >= 11 is 3.21. The number of carbonyl (C=O) groups excluding carboxylic acids is 1. The Hall–Kier alpha value is -0.900. The number of amides is 1. The van der Waals surface area contributed by atoms with E-state index < -0.39 is 5.82 Å². The van der Waals surface area contributed by atoms with Crippen LogP contribution in [0, 0.1) is 5.82 Å². The van der Waals surface area contributed by atoms with Crippen molar-refractivity contribution in [1.29, 1.82) is 0 Å². The molecule has 0 atom stereocenters. The smallest absolute Gasteiger partial charge is 0.256 e. The predicted molar refractivity (Wildman–Crippen MR) is 61.3 cm³/mol. The second kappa shape index (κ2) is 4.75. The molecule has 0 bridgehead atoms. The number of rotatable bonds is 2. The third-order valence-corrected chi connectivity index (χ3v) is 2.75. The van der Waals surface area contributed by atoms with Gasteiger partial charge in [-0.1, -0.05) is 15.9 Å². The van der Waals surface area contributed by atoms with Gasteiger partial charge in [0, 0.05) is 17.6 Å². The van der Waals surface area contributed by atoms with E-state index in [1.807, 2.05) is 13.8 Å². The molecule has 1 aromatic rings. The monoisotopic (exact) mass is 273 g/mol. The molecule has 0 aliphatic heterocycles. The van der Waals surface area contributed by atoms with Crippen LogP contribution in [0.15, 0.2) is 22.7 Å². The average Bonchev–Trinajstić information content (AvgIpc) is 2.19. The van der Waals surface area contributed by atoms with Crippen molar-refractivity contribution in [1.82, 2.24) is 4.90 Å². The summed E-state index contributed by atoms with van der Waals surface area (Å²) < 4.78 is 14.1. The minimum atomic E-state index is -0.490. The Morgan fingerprint density at radius 3 is 2.60 bits per heavy atom. The van der Waals surface area contributed by atoms with Crippen molar-refractivity contribution in [2.45, 2.75) is 19.9 Å². The maximum Gasteiger partial charge on any atom is 0.256 e. The standard InChI is InChI=1S/C11H13BrFNO/c1-7(2)14(3)11(15)9-6-8(12)4-5-10(9)13/h4-7H,1-3H3. The van der Waals surface area contributed by atoms with Gasteiger partial charge in [-0.2, -0.15) is 0 Å². The van der Waals surface area contributed by atoms with E-state index in [0.717, 1.165) is 0 Å². The van der Waals surface area contributed by atoms with Gasteiger partial charge in [0.2, 0.25) is 0 Å². The molecule has 1 rings (SSSR count). The van der Waals surface area contributed by atoms with Crippen molar-refractivity contribution in [3.8, 4) is 0 Å². The van der Waals surface area contributed by atoms with Gasteiger partial charge in [-0.25, -0.2) is 4.39 Å². The molecule has 0 unspecified atom stereocenters. The zero-order valence-electron chi connectivity index (χ0n) is 8.92. The van der Waals surface area contributed by atoms with Gasteiger partial charge in [0.05, 0.1) is 5.56 Å². The van der Waals surface area contributed by atoms with Gasteiger partial charge in [0.25, 0.3) is 5.91 Å². The third kappa shape index (κ3) is 2.78. The maximum absolute atomic E-state index is 13.4. The minimum Gasteiger partial charge on any atom is -0.339 e. The van der Waals surface area contributed by atoms with Crippen LogP contribution in [-0.4, -0.2) is 23.9 Å². The van der Waals surface area contributed by atoms with Gasteiger partial charge in [0.1, 0.15) is 5.82 Å². The van der Waals surface area contributed by atoms with E-state index in [4.69, 9.17) is 0 Å². The molecule has 15 heavy (non-hydrogen) atoms. The van der Waals surface area contributed by atoms with E-state index in [1.165, 1.54) is 17.0 Å². The molecule has 0 saturated carbocycles. The average molecular weight is 274 g/mol. The Kier molecular flexibility index (Phi) is 3.85. The lowest BCUT2D eigenvalue weighted by Crippen LogP contribution is -2.33. The first-order valence-corrected chi connectivity index (χ1v) is 5.45. The zero-order valence-corrected chi connectivity index (χ0v) is 10.5. The molecule has 0 spiro atoms. The Morgan fingerprint density at radius 2 is 2.07 bits per heavy atom. The van der Waals surface area contributed by atoms with Gasteiger partial charge < -0.3 is 4.90 Å². The van der Waals surface area contributed by atoms with Crippen molar-refractivity contribution in [2.24, 2.45) is 0 Å². The lowest BCUT2D eigenvalue weighted by atomic mass is 10.1. The molecule has 1 aromatic carbocycles. The van der Waals surface area contributed by atoms with Crippen molar-refractivity contribution in [2.75, 3.05) is 7.05 Å². The molecular weight excluding hydrogens is 261 g/mol. The van der Waals surface area contributed by atoms with E-state index in [0.29, 0.717) is 4.47 Å². The van der Waals surface area contributed by atoms with Crippen LogP contribution in [0.2, 0.25) is 0 Å². The second-order valence-electron chi connectivity index (χ2n) is 3.63. The Balaban J connectivity index is 3.05.